The van der Waals surface area contributed by atoms with Crippen LogP contribution in [0.2, 0.25) is 0 Å². The van der Waals surface area contributed by atoms with Crippen molar-refractivity contribution in [1.82, 2.24) is 14.0 Å². The van der Waals surface area contributed by atoms with Gasteiger partial charge in [0.05, 0.1) is 0 Å². The summed E-state index contributed by atoms with van der Waals surface area (Å²) in [5.74, 6) is 0. The highest BCUT2D eigenvalue weighted by molar-refractivity contribution is 7.62. The van der Waals surface area contributed by atoms with Gasteiger partial charge in [-0.15, -0.1) is 0 Å². The molecule has 204 valence electrons. The van der Waals surface area contributed by atoms with Gasteiger partial charge in [0.15, 0.2) is 7.51 Å². The lowest BCUT2D eigenvalue weighted by Crippen LogP contribution is -2.37. The molecule has 0 aliphatic carbocycles. The molecule has 7 heteroatoms. The van der Waals surface area contributed by atoms with Crippen LogP contribution < -0.4 is 0 Å². The zero-order valence-corrected chi connectivity index (χ0v) is 25.7. The van der Waals surface area contributed by atoms with Gasteiger partial charge in [0.25, 0.3) is 0 Å². The molecule has 0 atom stereocenters. The first kappa shape index (κ1) is 34.2. The van der Waals surface area contributed by atoms with Gasteiger partial charge in [0.1, 0.15) is 0 Å². The minimum absolute atomic E-state index is 0.0767. The fourth-order valence-electron chi connectivity index (χ4n) is 4.80. The first-order valence-corrected chi connectivity index (χ1v) is 17.0. The minimum Gasteiger partial charge on any atom is -0.248 e. The summed E-state index contributed by atoms with van der Waals surface area (Å²) in [4.78, 5) is 0. The summed E-state index contributed by atoms with van der Waals surface area (Å²) >= 11 is 0. The van der Waals surface area contributed by atoms with Gasteiger partial charge in [0, 0.05) is 19.6 Å². The van der Waals surface area contributed by atoms with Gasteiger partial charge in [-0.2, -0.15) is 4.52 Å². The number of nitrogens with zero attached hydrogens (tertiary/aromatic N) is 4. The quantitative estimate of drug-likeness (QED) is 0.0890. The van der Waals surface area contributed by atoms with Crippen molar-refractivity contribution < 1.29 is 4.57 Å². The molecule has 34 heavy (non-hydrogen) atoms. The molecule has 0 aromatic heterocycles. The number of hydrogen-bond acceptors (Lipinski definition) is 1. The van der Waals surface area contributed by atoms with Crippen molar-refractivity contribution in [3.8, 4) is 0 Å². The van der Waals surface area contributed by atoms with Crippen molar-refractivity contribution in [2.24, 2.45) is 4.52 Å². The summed E-state index contributed by atoms with van der Waals surface area (Å²) < 4.78 is 24.2. The van der Waals surface area contributed by atoms with Crippen molar-refractivity contribution in [1.29, 1.82) is 0 Å². The van der Waals surface area contributed by atoms with Crippen LogP contribution in [-0.4, -0.2) is 54.8 Å². The maximum Gasteiger partial charge on any atom is 0.305 e. The molecule has 0 bridgehead atoms. The summed E-state index contributed by atoms with van der Waals surface area (Å²) in [5, 5.41) is 0. The van der Waals surface area contributed by atoms with Crippen LogP contribution in [-0.2, 0) is 4.57 Å². The third-order valence-electron chi connectivity index (χ3n) is 7.04. The Balaban J connectivity index is 5.17. The average Bonchev–Trinajstić information content (AvgIpc) is 2.83. The molecule has 0 spiro atoms. The zero-order chi connectivity index (χ0) is 25.5. The lowest BCUT2D eigenvalue weighted by atomic mass is 10.1. The smallest absolute Gasteiger partial charge is 0.248 e. The van der Waals surface area contributed by atoms with Crippen molar-refractivity contribution >= 4 is 16.1 Å². The summed E-state index contributed by atoms with van der Waals surface area (Å²) in [6.45, 7) is 9.91. The molecule has 0 aliphatic rings. The molecule has 0 rings (SSSR count). The Hall–Kier alpha value is 0.210. The summed E-state index contributed by atoms with van der Waals surface area (Å²) in [7, 11) is 4.45. The van der Waals surface area contributed by atoms with Crippen LogP contribution in [0.1, 0.15) is 136 Å². The highest BCUT2D eigenvalue weighted by atomic mass is 31.2. The largest absolute Gasteiger partial charge is 0.305 e. The predicted octanol–water partition coefficient (Wildman–Crippen LogP) is 10.0. The monoisotopic (exact) mass is 518 g/mol. The molecule has 0 unspecified atom stereocenters. The molecular weight excluding hydrogens is 458 g/mol. The van der Waals surface area contributed by atoms with E-state index in [4.69, 9.17) is 4.52 Å². The van der Waals surface area contributed by atoms with Crippen molar-refractivity contribution in [2.75, 3.05) is 40.8 Å². The Morgan fingerprint density at radius 1 is 0.500 bits per heavy atom. The van der Waals surface area contributed by atoms with E-state index in [1.165, 1.54) is 116 Å². The standard InChI is InChI=1S/C27H60N4OP2/c1-7-10-13-16-19-22-25-29(4)34(28-33-32,30(5)26-23-20-17-14-11-8-2)31(6)27-24-21-18-15-12-9-3/h7-27H2,1-6H3. The summed E-state index contributed by atoms with van der Waals surface area (Å²) in [6.07, 6.45) is 23.4. The molecule has 0 fully saturated rings. The van der Waals surface area contributed by atoms with Gasteiger partial charge in [-0.05, 0) is 40.4 Å². The summed E-state index contributed by atoms with van der Waals surface area (Å²) in [5.41, 5.74) is 0. The molecule has 0 aromatic rings. The molecule has 0 radical (unpaired) electrons. The first-order chi connectivity index (χ1) is 16.5. The van der Waals surface area contributed by atoms with Gasteiger partial charge >= 0.3 is 8.61 Å². The fraction of sp³-hybridized carbons (Fsp3) is 1.00. The van der Waals surface area contributed by atoms with E-state index in [1.54, 1.807) is 0 Å². The van der Waals surface area contributed by atoms with Crippen LogP contribution in [0.5, 0.6) is 0 Å². The second-order valence-electron chi connectivity index (χ2n) is 10.2. The van der Waals surface area contributed by atoms with Crippen LogP contribution in [0.25, 0.3) is 0 Å². The topological polar surface area (TPSA) is 39.2 Å². The van der Waals surface area contributed by atoms with Crippen molar-refractivity contribution in [3.05, 3.63) is 0 Å². The zero-order valence-electron chi connectivity index (χ0n) is 23.9. The third-order valence-corrected chi connectivity index (χ3v) is 11.6. The van der Waals surface area contributed by atoms with Crippen LogP contribution in [0.4, 0.5) is 0 Å². The number of rotatable bonds is 25. The molecule has 5 nitrogen and oxygen atoms in total. The molecule has 0 saturated carbocycles. The Labute approximate surface area is 216 Å². The second kappa shape index (κ2) is 23.6. The molecule has 0 N–H and O–H groups in total. The van der Waals surface area contributed by atoms with Gasteiger partial charge in [-0.1, -0.05) is 117 Å². The van der Waals surface area contributed by atoms with E-state index < -0.39 is 7.51 Å². The molecule has 0 amide bonds. The highest BCUT2D eigenvalue weighted by Crippen LogP contribution is 2.59. The molecule has 0 saturated heterocycles. The van der Waals surface area contributed by atoms with Gasteiger partial charge in [-0.25, -0.2) is 18.6 Å². The fourth-order valence-corrected chi connectivity index (χ4v) is 9.63. The average molecular weight is 519 g/mol. The van der Waals surface area contributed by atoms with Crippen LogP contribution in [0.3, 0.4) is 0 Å². The number of hydrogen-bond donors (Lipinski definition) is 0. The van der Waals surface area contributed by atoms with Gasteiger partial charge in [0.2, 0.25) is 0 Å². The normalized spacial score (nSPS) is 12.5. The van der Waals surface area contributed by atoms with E-state index >= 15 is 0 Å². The van der Waals surface area contributed by atoms with E-state index in [0.29, 0.717) is 0 Å². The maximum atomic E-state index is 12.0. The van der Waals surface area contributed by atoms with E-state index in [9.17, 15) is 4.57 Å². The minimum atomic E-state index is -2.15. The summed E-state index contributed by atoms with van der Waals surface area (Å²) in [6, 6.07) is 0. The predicted molar refractivity (Wildman–Crippen MR) is 155 cm³/mol. The highest BCUT2D eigenvalue weighted by Gasteiger charge is 2.34. The van der Waals surface area contributed by atoms with Crippen LogP contribution in [0, 0.1) is 0 Å². The molecule has 0 aliphatic heterocycles. The van der Waals surface area contributed by atoms with E-state index in [0.717, 1.165) is 19.6 Å². The maximum absolute atomic E-state index is 12.0. The molecular formula is C27H60N4OP2. The Bertz CT molecular complexity index is 457. The van der Waals surface area contributed by atoms with Gasteiger partial charge in [-0.3, -0.25) is 0 Å². The Kier molecular flexibility index (Phi) is 23.7. The van der Waals surface area contributed by atoms with Gasteiger partial charge < -0.3 is 0 Å². The van der Waals surface area contributed by atoms with E-state index in [1.807, 2.05) is 0 Å². The number of unbranched alkanes of at least 4 members (excludes halogenated alkanes) is 15. The molecule has 0 aromatic carbocycles. The van der Waals surface area contributed by atoms with E-state index in [-0.39, 0.29) is 8.61 Å². The SMILES string of the molecule is CCCCCCCCN(C)P(=NP=O)(N(C)CCCCCCCC)N(C)CCCCCCCC. The lowest BCUT2D eigenvalue weighted by molar-refractivity contribution is 0.361. The van der Waals surface area contributed by atoms with Crippen LogP contribution >= 0.6 is 16.1 Å². The van der Waals surface area contributed by atoms with E-state index in [2.05, 4.69) is 55.9 Å². The second-order valence-corrected chi connectivity index (χ2v) is 14.2. The van der Waals surface area contributed by atoms with Crippen LogP contribution in [0.15, 0.2) is 4.52 Å². The first-order valence-electron chi connectivity index (χ1n) is 14.6. The molecule has 0 heterocycles. The third kappa shape index (κ3) is 14.7. The van der Waals surface area contributed by atoms with Crippen molar-refractivity contribution in [3.63, 3.8) is 0 Å². The Morgan fingerprint density at radius 3 is 1.03 bits per heavy atom. The lowest BCUT2D eigenvalue weighted by Gasteiger charge is -2.45. The van der Waals surface area contributed by atoms with Crippen molar-refractivity contribution in [2.45, 2.75) is 136 Å². The Morgan fingerprint density at radius 2 is 0.765 bits per heavy atom.